The summed E-state index contributed by atoms with van der Waals surface area (Å²) in [5.74, 6) is 2.51. The summed E-state index contributed by atoms with van der Waals surface area (Å²) in [5, 5.41) is 3.29. The molecule has 88 valence electrons. The van der Waals surface area contributed by atoms with Crippen molar-refractivity contribution in [2.24, 2.45) is 0 Å². The van der Waals surface area contributed by atoms with Crippen LogP contribution in [0.4, 0.5) is 0 Å². The molecule has 3 rings (SSSR count). The Bertz CT molecular complexity index is 348. The summed E-state index contributed by atoms with van der Waals surface area (Å²) in [4.78, 5) is 10.5. The summed E-state index contributed by atoms with van der Waals surface area (Å²) >= 11 is 0. The van der Waals surface area contributed by atoms with Crippen LogP contribution in [0.3, 0.4) is 0 Å². The minimum Gasteiger partial charge on any atom is -0.345 e. The highest BCUT2D eigenvalue weighted by molar-refractivity contribution is 5.13. The minimum atomic E-state index is 0.625. The minimum absolute atomic E-state index is 0.625. The maximum absolute atomic E-state index is 4.52. The first-order valence-corrected chi connectivity index (χ1v) is 6.27. The number of rotatable bonds is 2. The lowest BCUT2D eigenvalue weighted by Crippen LogP contribution is -2.40. The first-order chi connectivity index (χ1) is 7.83. The Balaban J connectivity index is 1.67. The van der Waals surface area contributed by atoms with E-state index in [1.165, 1.54) is 37.4 Å². The highest BCUT2D eigenvalue weighted by Gasteiger charge is 2.24. The van der Waals surface area contributed by atoms with Crippen molar-refractivity contribution in [3.63, 3.8) is 0 Å². The van der Waals surface area contributed by atoms with Crippen LogP contribution in [0.15, 0.2) is 6.20 Å². The molecule has 0 aliphatic carbocycles. The number of aromatic amines is 1. The second-order valence-corrected chi connectivity index (χ2v) is 5.16. The molecule has 4 heteroatoms. The quantitative estimate of drug-likeness (QED) is 0.778. The molecular weight excluding hydrogens is 200 g/mol. The van der Waals surface area contributed by atoms with Gasteiger partial charge in [-0.3, -0.25) is 0 Å². The van der Waals surface area contributed by atoms with Gasteiger partial charge in [-0.1, -0.05) is 0 Å². The molecule has 2 aliphatic rings. The lowest BCUT2D eigenvalue weighted by atomic mass is 9.94. The zero-order chi connectivity index (χ0) is 11.0. The summed E-state index contributed by atoms with van der Waals surface area (Å²) in [7, 11) is 2.20. The Kier molecular flexibility index (Phi) is 2.69. The molecule has 2 saturated heterocycles. The van der Waals surface area contributed by atoms with Crippen molar-refractivity contribution in [3.05, 3.63) is 17.7 Å². The molecule has 2 aliphatic heterocycles. The van der Waals surface area contributed by atoms with Gasteiger partial charge < -0.3 is 15.2 Å². The van der Waals surface area contributed by atoms with E-state index in [1.807, 2.05) is 0 Å². The number of hydrogen-bond acceptors (Lipinski definition) is 3. The molecule has 0 atom stereocenters. The van der Waals surface area contributed by atoms with E-state index in [2.05, 4.69) is 33.4 Å². The maximum Gasteiger partial charge on any atom is 0.111 e. The Morgan fingerprint density at radius 2 is 2.00 bits per heavy atom. The van der Waals surface area contributed by atoms with E-state index in [-0.39, 0.29) is 0 Å². The van der Waals surface area contributed by atoms with Gasteiger partial charge in [0.1, 0.15) is 5.82 Å². The predicted octanol–water partition coefficient (Wildman–Crippen LogP) is 0.906. The van der Waals surface area contributed by atoms with Gasteiger partial charge in [0, 0.05) is 36.8 Å². The van der Waals surface area contributed by atoms with E-state index in [1.54, 1.807) is 0 Å². The number of hydrogen-bond donors (Lipinski definition) is 2. The van der Waals surface area contributed by atoms with E-state index in [9.17, 15) is 0 Å². The van der Waals surface area contributed by atoms with Crippen molar-refractivity contribution in [3.8, 4) is 0 Å². The van der Waals surface area contributed by atoms with Crippen LogP contribution < -0.4 is 5.32 Å². The third-order valence-corrected chi connectivity index (χ3v) is 3.94. The summed E-state index contributed by atoms with van der Waals surface area (Å²) in [5.41, 5.74) is 1.36. The van der Waals surface area contributed by atoms with E-state index >= 15 is 0 Å². The Morgan fingerprint density at radius 1 is 1.25 bits per heavy atom. The highest BCUT2D eigenvalue weighted by Crippen LogP contribution is 2.27. The van der Waals surface area contributed by atoms with Gasteiger partial charge >= 0.3 is 0 Å². The van der Waals surface area contributed by atoms with Crippen molar-refractivity contribution >= 4 is 0 Å². The lowest BCUT2D eigenvalue weighted by molar-refractivity contribution is 0.253. The van der Waals surface area contributed by atoms with E-state index in [0.717, 1.165) is 13.1 Å². The molecule has 0 bridgehead atoms. The number of nitrogens with zero attached hydrogens (tertiary/aromatic N) is 2. The summed E-state index contributed by atoms with van der Waals surface area (Å²) in [6.45, 7) is 4.59. The molecule has 16 heavy (non-hydrogen) atoms. The first kappa shape index (κ1) is 10.3. The molecule has 3 heterocycles. The fourth-order valence-electron chi connectivity index (χ4n) is 2.57. The standard InChI is InChI=1S/C12H20N4/c1-16-4-2-9(3-5-16)11-8-14-12(15-11)10-6-13-7-10/h8-10,13H,2-7H2,1H3,(H,14,15). The molecule has 4 nitrogen and oxygen atoms in total. The second-order valence-electron chi connectivity index (χ2n) is 5.16. The molecular formula is C12H20N4. The highest BCUT2D eigenvalue weighted by atomic mass is 15.1. The number of H-pyrrole nitrogens is 1. The lowest BCUT2D eigenvalue weighted by Gasteiger charge is -2.28. The maximum atomic E-state index is 4.52. The van der Waals surface area contributed by atoms with Gasteiger partial charge in [0.05, 0.1) is 0 Å². The molecule has 0 saturated carbocycles. The van der Waals surface area contributed by atoms with Crippen molar-refractivity contribution < 1.29 is 0 Å². The van der Waals surface area contributed by atoms with Crippen LogP contribution in [-0.4, -0.2) is 48.1 Å². The Morgan fingerprint density at radius 3 is 2.62 bits per heavy atom. The molecule has 0 unspecified atom stereocenters. The molecule has 0 amide bonds. The molecule has 1 aromatic rings. The normalized spacial score (nSPS) is 24.6. The van der Waals surface area contributed by atoms with E-state index in [0.29, 0.717) is 11.8 Å². The van der Waals surface area contributed by atoms with Crippen molar-refractivity contribution in [1.29, 1.82) is 0 Å². The van der Waals surface area contributed by atoms with Crippen LogP contribution in [0.2, 0.25) is 0 Å². The fraction of sp³-hybridized carbons (Fsp3) is 0.750. The second kappa shape index (κ2) is 4.18. The zero-order valence-corrected chi connectivity index (χ0v) is 9.87. The predicted molar refractivity (Wildman–Crippen MR) is 63.7 cm³/mol. The Hall–Kier alpha value is -0.870. The van der Waals surface area contributed by atoms with Gasteiger partial charge in [-0.05, 0) is 33.0 Å². The van der Waals surface area contributed by atoms with Crippen LogP contribution in [0.25, 0.3) is 0 Å². The number of imidazole rings is 1. The zero-order valence-electron chi connectivity index (χ0n) is 9.87. The first-order valence-electron chi connectivity index (χ1n) is 6.27. The molecule has 1 aromatic heterocycles. The van der Waals surface area contributed by atoms with E-state index < -0.39 is 0 Å². The van der Waals surface area contributed by atoms with Crippen LogP contribution in [-0.2, 0) is 0 Å². The largest absolute Gasteiger partial charge is 0.345 e. The van der Waals surface area contributed by atoms with Crippen LogP contribution in [0, 0.1) is 0 Å². The number of aromatic nitrogens is 2. The van der Waals surface area contributed by atoms with Crippen molar-refractivity contribution in [1.82, 2.24) is 20.2 Å². The van der Waals surface area contributed by atoms with E-state index in [4.69, 9.17) is 0 Å². The van der Waals surface area contributed by atoms with Crippen LogP contribution in [0.1, 0.15) is 36.2 Å². The van der Waals surface area contributed by atoms with Crippen LogP contribution in [0.5, 0.6) is 0 Å². The van der Waals surface area contributed by atoms with Gasteiger partial charge in [-0.15, -0.1) is 0 Å². The van der Waals surface area contributed by atoms with Gasteiger partial charge in [-0.2, -0.15) is 0 Å². The van der Waals surface area contributed by atoms with Crippen LogP contribution >= 0.6 is 0 Å². The fourth-order valence-corrected chi connectivity index (χ4v) is 2.57. The average molecular weight is 220 g/mol. The number of piperidine rings is 1. The third-order valence-electron chi connectivity index (χ3n) is 3.94. The smallest absolute Gasteiger partial charge is 0.111 e. The SMILES string of the molecule is CN1CCC(c2cnc(C3CNC3)[nH]2)CC1. The summed E-state index contributed by atoms with van der Waals surface area (Å²) in [6.07, 6.45) is 4.59. The van der Waals surface area contributed by atoms with Gasteiger partial charge in [0.25, 0.3) is 0 Å². The van der Waals surface area contributed by atoms with Gasteiger partial charge in [0.15, 0.2) is 0 Å². The van der Waals surface area contributed by atoms with Crippen molar-refractivity contribution in [2.45, 2.75) is 24.7 Å². The third kappa shape index (κ3) is 1.87. The average Bonchev–Trinajstić information content (AvgIpc) is 2.65. The molecule has 0 aromatic carbocycles. The molecule has 2 N–H and O–H groups in total. The van der Waals surface area contributed by atoms with Crippen molar-refractivity contribution in [2.75, 3.05) is 33.2 Å². The summed E-state index contributed by atoms with van der Waals surface area (Å²) < 4.78 is 0. The number of likely N-dealkylation sites (tertiary alicyclic amines) is 1. The molecule has 0 radical (unpaired) electrons. The summed E-state index contributed by atoms with van der Waals surface area (Å²) in [6, 6.07) is 0. The van der Waals surface area contributed by atoms with Gasteiger partial charge in [0.2, 0.25) is 0 Å². The molecule has 0 spiro atoms. The monoisotopic (exact) mass is 220 g/mol. The topological polar surface area (TPSA) is 44.0 Å². The van der Waals surface area contributed by atoms with Gasteiger partial charge in [-0.25, -0.2) is 4.98 Å². The Labute approximate surface area is 96.4 Å². The molecule has 2 fully saturated rings. The number of nitrogens with one attached hydrogen (secondary N) is 2.